The van der Waals surface area contributed by atoms with E-state index < -0.39 is 10.8 Å². The Kier molecular flexibility index (Phi) is 16.5. The number of ether oxygens (including phenoxy) is 2. The van der Waals surface area contributed by atoms with Gasteiger partial charge in [0.2, 0.25) is 0 Å². The zero-order valence-corrected chi connectivity index (χ0v) is 58.6. The standard InChI is InChI=1S/C49H32N2O.C31H18BrNO.C18H15N.2CH4/c1-3-14-33(15-4-1)34-26-28-36(29-27-34)50(35-16-5-2-6-17-35)37-30-31-47-43(32-37)49(41-21-9-12-25-46(41)52-47)40-20-8-11-24-45(40)51-44-23-10-7-18-38(44)39-19-13-22-42(49)48(39)51;32-19-16-17-29-25(18-19)31(23-11-3-6-15-28(23)34-29)22-10-2-5-14-27(22)33-26-13-4-1-8-20(26)21-9-7-12-24(31)30(21)33;1-3-7-15(8-4-1)16-11-13-18(14-12-16)19-17-9-5-2-6-10-17;;/h1-32H;1-18H;1-14,19H;2*1H4. The second-order valence-corrected chi connectivity index (χ2v) is 28.1. The highest BCUT2D eigenvalue weighted by Crippen LogP contribution is 2.63. The van der Waals surface area contributed by atoms with Crippen molar-refractivity contribution in [3.05, 3.63) is 437 Å². The first-order chi connectivity index (χ1) is 52.0. The van der Waals surface area contributed by atoms with E-state index in [-0.39, 0.29) is 14.9 Å². The van der Waals surface area contributed by atoms with Crippen LogP contribution in [-0.4, -0.2) is 9.13 Å². The number of para-hydroxylation sites is 10. The van der Waals surface area contributed by atoms with Gasteiger partial charge < -0.3 is 28.8 Å². The van der Waals surface area contributed by atoms with E-state index in [4.69, 9.17) is 9.47 Å². The Labute approximate surface area is 632 Å². The summed E-state index contributed by atoms with van der Waals surface area (Å²) in [5, 5.41) is 8.46. The molecule has 2 spiro atoms. The number of fused-ring (bicyclic) bond motifs is 22. The van der Waals surface area contributed by atoms with E-state index in [1.54, 1.807) is 0 Å². The third kappa shape index (κ3) is 10.4. The predicted octanol–water partition coefficient (Wildman–Crippen LogP) is 27.4. The fourth-order valence-electron chi connectivity index (χ4n) is 17.3. The molecule has 0 aliphatic carbocycles. The van der Waals surface area contributed by atoms with Crippen LogP contribution in [0, 0.1) is 0 Å². The first-order valence-electron chi connectivity index (χ1n) is 35.7. The quantitative estimate of drug-likeness (QED) is 0.173. The molecule has 0 bridgehead atoms. The summed E-state index contributed by atoms with van der Waals surface area (Å²) < 4.78 is 19.3. The summed E-state index contributed by atoms with van der Waals surface area (Å²) >= 11 is 3.76. The molecule has 0 amide bonds. The molecule has 22 rings (SSSR count). The fourth-order valence-corrected chi connectivity index (χ4v) is 17.6. The van der Waals surface area contributed by atoms with Crippen LogP contribution in [0.3, 0.4) is 0 Å². The van der Waals surface area contributed by atoms with Crippen molar-refractivity contribution < 1.29 is 9.47 Å². The van der Waals surface area contributed by atoms with Gasteiger partial charge >= 0.3 is 0 Å². The van der Waals surface area contributed by atoms with Gasteiger partial charge in [-0.15, -0.1) is 0 Å². The lowest BCUT2D eigenvalue weighted by Crippen LogP contribution is -2.38. The van der Waals surface area contributed by atoms with Crippen LogP contribution in [0.5, 0.6) is 23.0 Å². The third-order valence-corrected chi connectivity index (χ3v) is 22.1. The number of nitrogens with zero attached hydrogens (tertiary/aromatic N) is 3. The summed E-state index contributed by atoms with van der Waals surface area (Å²) in [4.78, 5) is 2.36. The number of hydrogen-bond donors (Lipinski definition) is 1. The Morgan fingerprint density at radius 2 is 0.617 bits per heavy atom. The van der Waals surface area contributed by atoms with Crippen LogP contribution in [-0.2, 0) is 10.8 Å². The highest BCUT2D eigenvalue weighted by molar-refractivity contribution is 9.10. The van der Waals surface area contributed by atoms with Gasteiger partial charge in [-0.3, -0.25) is 0 Å². The molecular formula is C100H73BrN4O2. The minimum absolute atomic E-state index is 0. The van der Waals surface area contributed by atoms with Crippen molar-refractivity contribution in [3.8, 4) is 56.6 Å². The lowest BCUT2D eigenvalue weighted by Gasteiger charge is -2.45. The van der Waals surface area contributed by atoms with Crippen LogP contribution in [0.15, 0.2) is 393 Å². The number of rotatable bonds is 7. The van der Waals surface area contributed by atoms with E-state index in [2.05, 4.69) is 399 Å². The highest BCUT2D eigenvalue weighted by atomic mass is 79.9. The number of halogens is 1. The molecule has 7 heteroatoms. The molecule has 0 saturated heterocycles. The number of nitrogens with one attached hydrogen (secondary N) is 1. The molecule has 512 valence electrons. The lowest BCUT2D eigenvalue weighted by molar-refractivity contribution is 0.433. The van der Waals surface area contributed by atoms with Gasteiger partial charge in [-0.05, 0) is 166 Å². The monoisotopic (exact) mass is 1440 g/mol. The van der Waals surface area contributed by atoms with E-state index in [9.17, 15) is 0 Å². The summed E-state index contributed by atoms with van der Waals surface area (Å²) in [6.07, 6.45) is 0. The van der Waals surface area contributed by atoms with Gasteiger partial charge in [0.15, 0.2) is 0 Å². The fraction of sp³-hybridized carbons (Fsp3) is 0.0400. The normalized spacial score (nSPS) is 14.7. The summed E-state index contributed by atoms with van der Waals surface area (Å²) in [6, 6.07) is 138. The zero-order valence-electron chi connectivity index (χ0n) is 57.0. The Bertz CT molecular complexity index is 6390. The summed E-state index contributed by atoms with van der Waals surface area (Å²) in [6.45, 7) is 0. The van der Waals surface area contributed by atoms with E-state index in [0.29, 0.717) is 0 Å². The van der Waals surface area contributed by atoms with E-state index >= 15 is 0 Å². The minimum Gasteiger partial charge on any atom is -0.457 e. The summed E-state index contributed by atoms with van der Waals surface area (Å²) in [5.41, 5.74) is 26.2. The number of hydrogen-bond acceptors (Lipinski definition) is 4. The molecule has 0 radical (unpaired) electrons. The number of benzene rings is 16. The second-order valence-electron chi connectivity index (χ2n) is 27.2. The van der Waals surface area contributed by atoms with Crippen molar-refractivity contribution >= 4 is 88.0 Å². The molecule has 107 heavy (non-hydrogen) atoms. The van der Waals surface area contributed by atoms with Gasteiger partial charge in [0.1, 0.15) is 23.0 Å². The van der Waals surface area contributed by atoms with Crippen molar-refractivity contribution in [1.29, 1.82) is 0 Å². The van der Waals surface area contributed by atoms with Crippen LogP contribution >= 0.6 is 15.9 Å². The van der Waals surface area contributed by atoms with Gasteiger partial charge in [-0.1, -0.05) is 298 Å². The van der Waals surface area contributed by atoms with Gasteiger partial charge in [-0.25, -0.2) is 0 Å². The van der Waals surface area contributed by atoms with E-state index in [0.717, 1.165) is 72.6 Å². The van der Waals surface area contributed by atoms with E-state index in [1.807, 2.05) is 24.3 Å². The van der Waals surface area contributed by atoms with Crippen LogP contribution in [0.2, 0.25) is 0 Å². The van der Waals surface area contributed by atoms with Crippen LogP contribution in [0.4, 0.5) is 28.4 Å². The van der Waals surface area contributed by atoms with Crippen molar-refractivity contribution in [2.75, 3.05) is 10.2 Å². The summed E-state index contributed by atoms with van der Waals surface area (Å²) in [5.74, 6) is 3.56. The molecule has 4 aliphatic heterocycles. The molecule has 0 saturated carbocycles. The maximum Gasteiger partial charge on any atom is 0.132 e. The Balaban J connectivity index is 0.000000126. The first kappa shape index (κ1) is 65.8. The van der Waals surface area contributed by atoms with Gasteiger partial charge in [0.05, 0.1) is 44.3 Å². The van der Waals surface area contributed by atoms with Crippen molar-refractivity contribution in [2.24, 2.45) is 0 Å². The largest absolute Gasteiger partial charge is 0.457 e. The lowest BCUT2D eigenvalue weighted by atomic mass is 9.61. The molecule has 2 atom stereocenters. The molecule has 1 N–H and O–H groups in total. The van der Waals surface area contributed by atoms with Crippen LogP contribution < -0.4 is 19.7 Å². The molecule has 6 nitrogen and oxygen atoms in total. The summed E-state index contributed by atoms with van der Waals surface area (Å²) in [7, 11) is 0. The smallest absolute Gasteiger partial charge is 0.132 e. The second kappa shape index (κ2) is 26.8. The number of aromatic nitrogens is 2. The van der Waals surface area contributed by atoms with Gasteiger partial charge in [0.25, 0.3) is 0 Å². The number of anilines is 5. The molecule has 2 unspecified atom stereocenters. The van der Waals surface area contributed by atoms with Crippen molar-refractivity contribution in [2.45, 2.75) is 25.7 Å². The maximum absolute atomic E-state index is 6.85. The molecule has 18 aromatic rings. The van der Waals surface area contributed by atoms with Crippen LogP contribution in [0.1, 0.15) is 59.4 Å². The van der Waals surface area contributed by atoms with Crippen LogP contribution in [0.25, 0.3) is 77.2 Å². The molecule has 4 aliphatic rings. The highest BCUT2D eigenvalue weighted by Gasteiger charge is 2.52. The molecule has 0 fully saturated rings. The van der Waals surface area contributed by atoms with Gasteiger partial charge in [0, 0.05) is 76.7 Å². The maximum atomic E-state index is 6.85. The molecule has 16 aromatic carbocycles. The van der Waals surface area contributed by atoms with Gasteiger partial charge in [-0.2, -0.15) is 0 Å². The van der Waals surface area contributed by atoms with Crippen molar-refractivity contribution in [1.82, 2.24) is 9.13 Å². The SMILES string of the molecule is Brc1ccc2c(c1)C1(c3ccccc3O2)c2ccccc2-n2c3ccccc3c3cccc1c32.C.C.c1ccc(-c2ccc(N(c3ccccc3)c3ccc4c(c3)C3(c5ccccc5O4)c4ccccc4-n4c5ccccc5c5cccc3c54)cc2)cc1.c1ccc(Nc2ccc(-c3ccccc3)cc2)cc1. The predicted molar refractivity (Wildman–Crippen MR) is 448 cm³/mol. The molecule has 6 heterocycles. The van der Waals surface area contributed by atoms with Crippen molar-refractivity contribution in [3.63, 3.8) is 0 Å². The average Bonchev–Trinajstić information content (AvgIpc) is 1.64. The average molecular weight is 1440 g/mol. The minimum atomic E-state index is -0.639. The topological polar surface area (TPSA) is 43.6 Å². The Morgan fingerprint density at radius 1 is 0.262 bits per heavy atom. The molecular weight excluding hydrogens is 1370 g/mol. The first-order valence-corrected chi connectivity index (χ1v) is 36.5. The Hall–Kier alpha value is -13.2. The molecule has 2 aromatic heterocycles. The Morgan fingerprint density at radius 3 is 1.14 bits per heavy atom. The van der Waals surface area contributed by atoms with E-state index in [1.165, 1.54) is 105 Å². The zero-order chi connectivity index (χ0) is 69.6. The third-order valence-electron chi connectivity index (χ3n) is 21.6.